The highest BCUT2D eigenvalue weighted by atomic mass is 16.3. The molecule has 0 radical (unpaired) electrons. The molecule has 25 heavy (non-hydrogen) atoms. The first-order valence-electron chi connectivity index (χ1n) is 9.16. The third-order valence-electron chi connectivity index (χ3n) is 5.48. The Balaban J connectivity index is 1.38. The molecule has 1 aromatic heterocycles. The van der Waals surface area contributed by atoms with Crippen LogP contribution in [0.25, 0.3) is 10.9 Å². The number of carbonyl (C=O) groups excluding carboxylic acids is 1. The summed E-state index contributed by atoms with van der Waals surface area (Å²) in [5, 5.41) is 10.3. The van der Waals surface area contributed by atoms with Gasteiger partial charge in [-0.15, -0.1) is 0 Å². The number of nitrogens with one attached hydrogen (secondary N) is 1. The van der Waals surface area contributed by atoms with Crippen molar-refractivity contribution < 1.29 is 9.90 Å². The highest BCUT2D eigenvalue weighted by Crippen LogP contribution is 2.27. The maximum absolute atomic E-state index is 12.8. The molecule has 3 heterocycles. The number of amides is 1. The van der Waals surface area contributed by atoms with Crippen LogP contribution in [-0.2, 0) is 17.8 Å². The van der Waals surface area contributed by atoms with Crippen LogP contribution in [0.2, 0.25) is 0 Å². The second-order valence-corrected chi connectivity index (χ2v) is 7.03. The van der Waals surface area contributed by atoms with E-state index in [-0.39, 0.29) is 12.5 Å². The summed E-state index contributed by atoms with van der Waals surface area (Å²) in [6.07, 6.45) is 0.903. The number of aromatic amines is 1. The fraction of sp³-hybridized carbons (Fsp3) is 0.526. The van der Waals surface area contributed by atoms with Gasteiger partial charge in [0.2, 0.25) is 5.91 Å². The number of H-pyrrole nitrogens is 1. The molecule has 0 bridgehead atoms. The van der Waals surface area contributed by atoms with Gasteiger partial charge in [-0.05, 0) is 6.07 Å². The predicted octanol–water partition coefficient (Wildman–Crippen LogP) is 0.663. The first-order chi connectivity index (χ1) is 12.2. The molecule has 0 aliphatic carbocycles. The van der Waals surface area contributed by atoms with Crippen LogP contribution >= 0.6 is 0 Å². The summed E-state index contributed by atoms with van der Waals surface area (Å²) in [4.78, 5) is 22.8. The van der Waals surface area contributed by atoms with E-state index in [0.29, 0.717) is 13.1 Å². The molecular formula is C19H26N4O2. The maximum atomic E-state index is 12.8. The van der Waals surface area contributed by atoms with E-state index in [1.165, 1.54) is 22.2 Å². The quantitative estimate of drug-likeness (QED) is 0.857. The Hall–Kier alpha value is -1.89. The molecular weight excluding hydrogens is 316 g/mol. The third kappa shape index (κ3) is 3.42. The zero-order chi connectivity index (χ0) is 17.2. The summed E-state index contributed by atoms with van der Waals surface area (Å²) >= 11 is 0. The first-order valence-corrected chi connectivity index (χ1v) is 9.16. The van der Waals surface area contributed by atoms with Crippen molar-refractivity contribution in [2.45, 2.75) is 13.0 Å². The second-order valence-electron chi connectivity index (χ2n) is 7.03. The molecule has 4 rings (SSSR count). The zero-order valence-electron chi connectivity index (χ0n) is 14.6. The number of nitrogens with zero attached hydrogens (tertiary/aromatic N) is 3. The number of benzene rings is 1. The van der Waals surface area contributed by atoms with Crippen LogP contribution in [-0.4, -0.2) is 83.1 Å². The molecule has 2 aromatic rings. The maximum Gasteiger partial charge on any atom is 0.237 e. The standard InChI is InChI=1S/C19H26N4O2/c24-12-11-21-7-9-22(10-8-21)14-19(25)23-6-5-18-16(13-23)15-3-1-2-4-17(15)20-18/h1-4,20,24H,5-14H2. The van der Waals surface area contributed by atoms with Gasteiger partial charge in [0.1, 0.15) is 0 Å². The number of hydrogen-bond acceptors (Lipinski definition) is 4. The number of carbonyl (C=O) groups is 1. The number of aliphatic hydroxyl groups is 1. The van der Waals surface area contributed by atoms with Crippen LogP contribution in [0.5, 0.6) is 0 Å². The minimum Gasteiger partial charge on any atom is -0.395 e. The fourth-order valence-electron chi connectivity index (χ4n) is 3.98. The lowest BCUT2D eigenvalue weighted by molar-refractivity contribution is -0.133. The molecule has 1 amide bonds. The zero-order valence-corrected chi connectivity index (χ0v) is 14.6. The van der Waals surface area contributed by atoms with Crippen molar-refractivity contribution in [3.8, 4) is 0 Å². The highest BCUT2D eigenvalue weighted by molar-refractivity contribution is 5.86. The van der Waals surface area contributed by atoms with Crippen molar-refractivity contribution in [2.24, 2.45) is 0 Å². The molecule has 6 nitrogen and oxygen atoms in total. The van der Waals surface area contributed by atoms with Gasteiger partial charge in [-0.3, -0.25) is 14.6 Å². The molecule has 2 N–H and O–H groups in total. The minimum atomic E-state index is 0.208. The van der Waals surface area contributed by atoms with Gasteiger partial charge in [0.25, 0.3) is 0 Å². The summed E-state index contributed by atoms with van der Waals surface area (Å²) in [6.45, 7) is 6.62. The Labute approximate surface area is 148 Å². The van der Waals surface area contributed by atoms with Gasteiger partial charge in [-0.1, -0.05) is 18.2 Å². The lowest BCUT2D eigenvalue weighted by Crippen LogP contribution is -2.51. The van der Waals surface area contributed by atoms with Crippen molar-refractivity contribution in [1.82, 2.24) is 19.7 Å². The Morgan fingerprint density at radius 2 is 1.84 bits per heavy atom. The molecule has 1 fully saturated rings. The normalized spacial score (nSPS) is 19.3. The van der Waals surface area contributed by atoms with Crippen molar-refractivity contribution >= 4 is 16.8 Å². The van der Waals surface area contributed by atoms with Crippen LogP contribution in [0.4, 0.5) is 0 Å². The number of fused-ring (bicyclic) bond motifs is 3. The molecule has 0 spiro atoms. The van der Waals surface area contributed by atoms with Crippen molar-refractivity contribution in [1.29, 1.82) is 0 Å². The van der Waals surface area contributed by atoms with E-state index >= 15 is 0 Å². The minimum absolute atomic E-state index is 0.208. The topological polar surface area (TPSA) is 62.8 Å². The number of hydrogen-bond donors (Lipinski definition) is 2. The number of piperazine rings is 1. The van der Waals surface area contributed by atoms with E-state index in [9.17, 15) is 4.79 Å². The van der Waals surface area contributed by atoms with Crippen molar-refractivity contribution in [2.75, 3.05) is 52.4 Å². The average molecular weight is 342 g/mol. The van der Waals surface area contributed by atoms with Gasteiger partial charge in [-0.2, -0.15) is 0 Å². The van der Waals surface area contributed by atoms with Crippen molar-refractivity contribution in [3.63, 3.8) is 0 Å². The third-order valence-corrected chi connectivity index (χ3v) is 5.48. The van der Waals surface area contributed by atoms with Gasteiger partial charge in [0.15, 0.2) is 0 Å². The summed E-state index contributed by atoms with van der Waals surface area (Å²) < 4.78 is 0. The Morgan fingerprint density at radius 3 is 2.64 bits per heavy atom. The van der Waals surface area contributed by atoms with Gasteiger partial charge >= 0.3 is 0 Å². The predicted molar refractivity (Wildman–Crippen MR) is 97.4 cm³/mol. The largest absolute Gasteiger partial charge is 0.395 e. The van der Waals surface area contributed by atoms with E-state index in [4.69, 9.17) is 5.11 Å². The summed E-state index contributed by atoms with van der Waals surface area (Å²) in [5.41, 5.74) is 3.73. The van der Waals surface area contributed by atoms with Crippen LogP contribution < -0.4 is 0 Å². The van der Waals surface area contributed by atoms with Crippen LogP contribution in [0.15, 0.2) is 24.3 Å². The van der Waals surface area contributed by atoms with Crippen LogP contribution in [0.3, 0.4) is 0 Å². The van der Waals surface area contributed by atoms with Gasteiger partial charge < -0.3 is 15.0 Å². The molecule has 0 saturated carbocycles. The highest BCUT2D eigenvalue weighted by Gasteiger charge is 2.26. The van der Waals surface area contributed by atoms with Gasteiger partial charge in [-0.25, -0.2) is 0 Å². The molecule has 6 heteroatoms. The lowest BCUT2D eigenvalue weighted by Gasteiger charge is -2.35. The number of β-amino-alcohol motifs (C(OH)–C–C–N with tert-alkyl or cyclic N) is 1. The van der Waals surface area contributed by atoms with Gasteiger partial charge in [0, 0.05) is 74.4 Å². The SMILES string of the molecule is O=C(CN1CCN(CCO)CC1)N1CCc2[nH]c3ccccc3c2C1. The average Bonchev–Trinajstić information content (AvgIpc) is 3.01. The monoisotopic (exact) mass is 342 g/mol. The summed E-state index contributed by atoms with van der Waals surface area (Å²) in [6, 6.07) is 8.34. The number of aromatic nitrogens is 1. The van der Waals surface area contributed by atoms with E-state index in [1.807, 2.05) is 11.0 Å². The van der Waals surface area contributed by atoms with E-state index in [2.05, 4.69) is 33.0 Å². The van der Waals surface area contributed by atoms with E-state index in [0.717, 1.165) is 45.7 Å². The van der Waals surface area contributed by atoms with Crippen molar-refractivity contribution in [3.05, 3.63) is 35.5 Å². The molecule has 1 saturated heterocycles. The second kappa shape index (κ2) is 7.15. The first kappa shape index (κ1) is 16.6. The Morgan fingerprint density at radius 1 is 1.08 bits per heavy atom. The van der Waals surface area contributed by atoms with Crippen LogP contribution in [0, 0.1) is 0 Å². The Kier molecular flexibility index (Phi) is 4.74. The Bertz CT molecular complexity index is 749. The molecule has 0 atom stereocenters. The van der Waals surface area contributed by atoms with Gasteiger partial charge in [0.05, 0.1) is 13.2 Å². The summed E-state index contributed by atoms with van der Waals surface area (Å²) in [5.74, 6) is 0.228. The number of para-hydroxylation sites is 1. The fourth-order valence-corrected chi connectivity index (χ4v) is 3.98. The lowest BCUT2D eigenvalue weighted by atomic mass is 10.0. The molecule has 134 valence electrons. The molecule has 0 unspecified atom stereocenters. The number of rotatable bonds is 4. The van der Waals surface area contributed by atoms with E-state index in [1.54, 1.807) is 0 Å². The summed E-state index contributed by atoms with van der Waals surface area (Å²) in [7, 11) is 0. The van der Waals surface area contributed by atoms with Crippen LogP contribution in [0.1, 0.15) is 11.3 Å². The molecule has 1 aromatic carbocycles. The van der Waals surface area contributed by atoms with E-state index < -0.39 is 0 Å². The molecule has 2 aliphatic rings. The number of aliphatic hydroxyl groups excluding tert-OH is 1. The molecule has 2 aliphatic heterocycles. The smallest absolute Gasteiger partial charge is 0.237 e.